The summed E-state index contributed by atoms with van der Waals surface area (Å²) in [6.07, 6.45) is 0. The molecule has 0 unspecified atom stereocenters. The van der Waals surface area contributed by atoms with Crippen molar-refractivity contribution in [2.24, 2.45) is 0 Å². The fourth-order valence-corrected chi connectivity index (χ4v) is 4.78. The second-order valence-corrected chi connectivity index (χ2v) is 8.86. The predicted octanol–water partition coefficient (Wildman–Crippen LogP) is 1.36. The third kappa shape index (κ3) is 5.04. The van der Waals surface area contributed by atoms with Gasteiger partial charge in [-0.2, -0.15) is 4.31 Å². The van der Waals surface area contributed by atoms with Crippen molar-refractivity contribution in [2.75, 3.05) is 45.9 Å². The molecule has 0 saturated carbocycles. The lowest BCUT2D eigenvalue weighted by Gasteiger charge is -2.31. The zero-order valence-corrected chi connectivity index (χ0v) is 17.4. The molecule has 28 heavy (non-hydrogen) atoms. The Hall–Kier alpha value is -2.09. The van der Waals surface area contributed by atoms with Crippen LogP contribution in [0.25, 0.3) is 0 Å². The van der Waals surface area contributed by atoms with Crippen molar-refractivity contribution in [3.8, 4) is 11.5 Å². The smallest absolute Gasteiger partial charge is 0.243 e. The Kier molecular flexibility index (Phi) is 6.93. The highest BCUT2D eigenvalue weighted by Gasteiger charge is 2.30. The Labute approximate surface area is 167 Å². The highest BCUT2D eigenvalue weighted by atomic mass is 32.2. The number of nitrogens with one attached hydrogen (secondary N) is 1. The fraction of sp³-hybridized carbons (Fsp3) is 0.429. The van der Waals surface area contributed by atoms with Gasteiger partial charge in [0.1, 0.15) is 24.7 Å². The number of nitrogens with zero attached hydrogens (tertiary/aromatic N) is 1. The summed E-state index contributed by atoms with van der Waals surface area (Å²) < 4.78 is 38.5. The maximum absolute atomic E-state index is 12.9. The van der Waals surface area contributed by atoms with Gasteiger partial charge in [-0.3, -0.25) is 0 Å². The Morgan fingerprint density at radius 2 is 1.68 bits per heavy atom. The zero-order valence-electron chi connectivity index (χ0n) is 16.6. The van der Waals surface area contributed by atoms with Gasteiger partial charge in [0.2, 0.25) is 10.0 Å². The molecule has 152 valence electrons. The average molecular weight is 406 g/mol. The number of sulfonamides is 1. The first kappa shape index (κ1) is 20.6. The Bertz CT molecular complexity index is 860. The number of hydrogen-bond acceptors (Lipinski definition) is 4. The van der Waals surface area contributed by atoms with Crippen LogP contribution in [0.2, 0.25) is 0 Å². The summed E-state index contributed by atoms with van der Waals surface area (Å²) in [7, 11) is -3.45. The van der Waals surface area contributed by atoms with Crippen LogP contribution < -0.4 is 14.4 Å². The minimum absolute atomic E-state index is 0.322. The number of ether oxygens (including phenoxy) is 2. The molecule has 1 heterocycles. The quantitative estimate of drug-likeness (QED) is 0.721. The van der Waals surface area contributed by atoms with Gasteiger partial charge in [0.05, 0.1) is 37.7 Å². The summed E-state index contributed by atoms with van der Waals surface area (Å²) in [6.45, 7) is 8.61. The van der Waals surface area contributed by atoms with Crippen LogP contribution in [0.15, 0.2) is 53.4 Å². The predicted molar refractivity (Wildman–Crippen MR) is 109 cm³/mol. The van der Waals surface area contributed by atoms with E-state index in [1.165, 1.54) is 4.90 Å². The highest BCUT2D eigenvalue weighted by molar-refractivity contribution is 7.89. The molecule has 0 radical (unpaired) electrons. The molecular weight excluding hydrogens is 376 g/mol. The van der Waals surface area contributed by atoms with Crippen molar-refractivity contribution in [1.29, 1.82) is 0 Å². The van der Waals surface area contributed by atoms with Crippen molar-refractivity contribution in [2.45, 2.75) is 18.7 Å². The first-order valence-electron chi connectivity index (χ1n) is 9.75. The molecule has 1 saturated heterocycles. The second kappa shape index (κ2) is 9.41. The molecule has 0 atom stereocenters. The Balaban J connectivity index is 1.49. The van der Waals surface area contributed by atoms with Crippen LogP contribution in [0, 0.1) is 6.92 Å². The lowest BCUT2D eigenvalue weighted by Crippen LogP contribution is -3.15. The van der Waals surface area contributed by atoms with E-state index in [2.05, 4.69) is 0 Å². The third-order valence-corrected chi connectivity index (χ3v) is 6.92. The largest absolute Gasteiger partial charge is 0.494 e. The topological polar surface area (TPSA) is 60.3 Å². The molecule has 1 fully saturated rings. The van der Waals surface area contributed by atoms with Crippen LogP contribution in [0.5, 0.6) is 11.5 Å². The van der Waals surface area contributed by atoms with Gasteiger partial charge in [-0.25, -0.2) is 8.42 Å². The number of benzene rings is 2. The summed E-state index contributed by atoms with van der Waals surface area (Å²) in [5.41, 5.74) is 1.13. The minimum atomic E-state index is -3.45. The van der Waals surface area contributed by atoms with E-state index >= 15 is 0 Å². The van der Waals surface area contributed by atoms with E-state index < -0.39 is 10.0 Å². The van der Waals surface area contributed by atoms with Crippen LogP contribution >= 0.6 is 0 Å². The Morgan fingerprint density at radius 3 is 2.32 bits per heavy atom. The lowest BCUT2D eigenvalue weighted by molar-refractivity contribution is -0.903. The van der Waals surface area contributed by atoms with Gasteiger partial charge in [-0.15, -0.1) is 0 Å². The lowest BCUT2D eigenvalue weighted by atomic mass is 10.2. The van der Waals surface area contributed by atoms with Gasteiger partial charge in [0, 0.05) is 0 Å². The van der Waals surface area contributed by atoms with E-state index in [0.29, 0.717) is 36.9 Å². The molecule has 0 amide bonds. The molecular formula is C21H29N2O4S+. The molecule has 0 aliphatic carbocycles. The van der Waals surface area contributed by atoms with Crippen molar-refractivity contribution in [3.63, 3.8) is 0 Å². The number of rotatable bonds is 8. The third-order valence-electron chi connectivity index (χ3n) is 5.01. The average Bonchev–Trinajstić information content (AvgIpc) is 2.70. The standard InChI is InChI=1S/C21H28N2O4S/c1-3-26-19-8-10-20(11-9-19)28(24,25)23-14-12-22(13-15-23)16-17-27-21-7-5-4-6-18(21)2/h4-11H,3,12-17H2,1-2H3/p+1. The van der Waals surface area contributed by atoms with Gasteiger partial charge >= 0.3 is 0 Å². The van der Waals surface area contributed by atoms with E-state index in [0.717, 1.165) is 30.9 Å². The molecule has 3 rings (SSSR count). The minimum Gasteiger partial charge on any atom is -0.494 e. The van der Waals surface area contributed by atoms with Crippen LogP contribution in [-0.4, -0.2) is 58.7 Å². The monoisotopic (exact) mass is 405 g/mol. The zero-order chi connectivity index (χ0) is 20.0. The molecule has 2 aromatic rings. The molecule has 0 bridgehead atoms. The van der Waals surface area contributed by atoms with Crippen molar-refractivity contribution in [3.05, 3.63) is 54.1 Å². The number of para-hydroxylation sites is 1. The van der Waals surface area contributed by atoms with Crippen molar-refractivity contribution < 1.29 is 22.8 Å². The van der Waals surface area contributed by atoms with Crippen LogP contribution in [0.3, 0.4) is 0 Å². The van der Waals surface area contributed by atoms with E-state index in [1.807, 2.05) is 38.1 Å². The van der Waals surface area contributed by atoms with E-state index in [4.69, 9.17) is 9.47 Å². The van der Waals surface area contributed by atoms with Gasteiger partial charge in [-0.05, 0) is 49.7 Å². The number of hydrogen-bond donors (Lipinski definition) is 1. The molecule has 6 nitrogen and oxygen atoms in total. The second-order valence-electron chi connectivity index (χ2n) is 6.92. The molecule has 2 aromatic carbocycles. The summed E-state index contributed by atoms with van der Waals surface area (Å²) in [6, 6.07) is 14.6. The van der Waals surface area contributed by atoms with Crippen LogP contribution in [-0.2, 0) is 10.0 Å². The Morgan fingerprint density at radius 1 is 1.00 bits per heavy atom. The van der Waals surface area contributed by atoms with Gasteiger partial charge in [0.15, 0.2) is 0 Å². The van der Waals surface area contributed by atoms with Crippen LogP contribution in [0.4, 0.5) is 0 Å². The molecule has 1 N–H and O–H groups in total. The first-order chi connectivity index (χ1) is 13.5. The normalized spacial score (nSPS) is 16.1. The van der Waals surface area contributed by atoms with E-state index in [9.17, 15) is 8.42 Å². The molecule has 0 aromatic heterocycles. The first-order valence-corrected chi connectivity index (χ1v) is 11.2. The highest BCUT2D eigenvalue weighted by Crippen LogP contribution is 2.20. The van der Waals surface area contributed by atoms with Gasteiger partial charge in [-0.1, -0.05) is 18.2 Å². The SMILES string of the molecule is CCOc1ccc(S(=O)(=O)N2CC[NH+](CCOc3ccccc3C)CC2)cc1. The van der Waals surface area contributed by atoms with Crippen molar-refractivity contribution in [1.82, 2.24) is 4.31 Å². The summed E-state index contributed by atoms with van der Waals surface area (Å²) in [5, 5.41) is 0. The number of quaternary nitrogens is 1. The summed E-state index contributed by atoms with van der Waals surface area (Å²) in [5.74, 6) is 1.60. The molecule has 7 heteroatoms. The van der Waals surface area contributed by atoms with Crippen molar-refractivity contribution >= 4 is 10.0 Å². The molecule has 1 aliphatic heterocycles. The van der Waals surface area contributed by atoms with Gasteiger partial charge < -0.3 is 14.4 Å². The fourth-order valence-electron chi connectivity index (χ4n) is 3.34. The van der Waals surface area contributed by atoms with E-state index in [1.54, 1.807) is 28.6 Å². The molecule has 0 spiro atoms. The molecule has 1 aliphatic rings. The van der Waals surface area contributed by atoms with E-state index in [-0.39, 0.29) is 0 Å². The maximum Gasteiger partial charge on any atom is 0.243 e. The van der Waals surface area contributed by atoms with Crippen LogP contribution in [0.1, 0.15) is 12.5 Å². The summed E-state index contributed by atoms with van der Waals surface area (Å²) >= 11 is 0. The number of piperazine rings is 1. The number of aryl methyl sites for hydroxylation is 1. The maximum atomic E-state index is 12.9. The van der Waals surface area contributed by atoms with Gasteiger partial charge in [0.25, 0.3) is 0 Å². The summed E-state index contributed by atoms with van der Waals surface area (Å²) in [4.78, 5) is 1.69.